The highest BCUT2D eigenvalue weighted by molar-refractivity contribution is 7.11. The van der Waals surface area contributed by atoms with E-state index in [1.807, 2.05) is 67.6 Å². The maximum Gasteiger partial charge on any atom is 0.255 e. The zero-order chi connectivity index (χ0) is 18.5. The monoisotopic (exact) mass is 364 g/mol. The molecule has 0 saturated heterocycles. The number of hydrogen-bond acceptors (Lipinski definition) is 3. The fraction of sp³-hybridized carbons (Fsp3) is 0.143. The van der Waals surface area contributed by atoms with Gasteiger partial charge in [0.1, 0.15) is 6.04 Å². The van der Waals surface area contributed by atoms with Crippen LogP contribution >= 0.6 is 11.3 Å². The van der Waals surface area contributed by atoms with Gasteiger partial charge in [-0.1, -0.05) is 48.5 Å². The molecule has 0 unspecified atom stereocenters. The predicted molar refractivity (Wildman–Crippen MR) is 104 cm³/mol. The summed E-state index contributed by atoms with van der Waals surface area (Å²) in [6.07, 6.45) is 0. The van der Waals surface area contributed by atoms with E-state index >= 15 is 0 Å². The first-order chi connectivity index (χ1) is 12.6. The number of aryl methyl sites for hydroxylation is 1. The first-order valence-electron chi connectivity index (χ1n) is 8.32. The number of amides is 2. The van der Waals surface area contributed by atoms with E-state index in [0.717, 1.165) is 9.75 Å². The lowest BCUT2D eigenvalue weighted by molar-refractivity contribution is -0.122. The summed E-state index contributed by atoms with van der Waals surface area (Å²) in [5.41, 5.74) is 6.95. The van der Waals surface area contributed by atoms with Crippen LogP contribution in [0.1, 0.15) is 31.7 Å². The molecule has 0 aliphatic heterocycles. The zero-order valence-corrected chi connectivity index (χ0v) is 15.3. The number of primary amides is 1. The highest BCUT2D eigenvalue weighted by Gasteiger charge is 2.30. The molecule has 0 saturated carbocycles. The van der Waals surface area contributed by atoms with Crippen LogP contribution in [0.4, 0.5) is 0 Å². The Hall–Kier alpha value is -2.92. The van der Waals surface area contributed by atoms with Crippen LogP contribution in [0.15, 0.2) is 72.8 Å². The van der Waals surface area contributed by atoms with Gasteiger partial charge in [-0.15, -0.1) is 11.3 Å². The van der Waals surface area contributed by atoms with E-state index in [0.29, 0.717) is 17.7 Å². The lowest BCUT2D eigenvalue weighted by Crippen LogP contribution is -2.41. The molecule has 5 heteroatoms. The van der Waals surface area contributed by atoms with Crippen LogP contribution in [0.3, 0.4) is 0 Å². The Morgan fingerprint density at radius 3 is 2.12 bits per heavy atom. The van der Waals surface area contributed by atoms with Gasteiger partial charge in [-0.3, -0.25) is 9.59 Å². The lowest BCUT2D eigenvalue weighted by Gasteiger charge is -2.30. The average molecular weight is 364 g/mol. The molecule has 132 valence electrons. The summed E-state index contributed by atoms with van der Waals surface area (Å²) in [6, 6.07) is 21.3. The van der Waals surface area contributed by atoms with E-state index < -0.39 is 11.9 Å². The third kappa shape index (κ3) is 4.00. The largest absolute Gasteiger partial charge is 0.368 e. The molecule has 0 bridgehead atoms. The molecule has 1 aromatic heterocycles. The first-order valence-corrected chi connectivity index (χ1v) is 9.13. The van der Waals surface area contributed by atoms with Crippen molar-refractivity contribution in [1.82, 2.24) is 4.90 Å². The van der Waals surface area contributed by atoms with Crippen molar-refractivity contribution < 1.29 is 9.59 Å². The Kier molecular flexibility index (Phi) is 5.49. The Labute approximate surface area is 156 Å². The van der Waals surface area contributed by atoms with Gasteiger partial charge in [0.15, 0.2) is 0 Å². The first kappa shape index (κ1) is 17.9. The van der Waals surface area contributed by atoms with Gasteiger partial charge in [-0.25, -0.2) is 0 Å². The van der Waals surface area contributed by atoms with Crippen molar-refractivity contribution in [3.05, 3.63) is 93.7 Å². The second kappa shape index (κ2) is 7.97. The molecule has 2 N–H and O–H groups in total. The van der Waals surface area contributed by atoms with Crippen molar-refractivity contribution in [2.75, 3.05) is 0 Å². The molecule has 26 heavy (non-hydrogen) atoms. The van der Waals surface area contributed by atoms with Gasteiger partial charge in [-0.2, -0.15) is 0 Å². The lowest BCUT2D eigenvalue weighted by atomic mass is 10.0. The molecule has 2 aromatic carbocycles. The number of nitrogens with two attached hydrogens (primary N) is 1. The Morgan fingerprint density at radius 1 is 0.962 bits per heavy atom. The second-order valence-corrected chi connectivity index (χ2v) is 7.40. The van der Waals surface area contributed by atoms with Crippen molar-refractivity contribution in [3.8, 4) is 0 Å². The fourth-order valence-corrected chi connectivity index (χ4v) is 3.79. The molecule has 0 aliphatic carbocycles. The molecule has 0 aliphatic rings. The quantitative estimate of drug-likeness (QED) is 0.720. The molecular formula is C21H20N2O2S. The summed E-state index contributed by atoms with van der Waals surface area (Å²) in [5.74, 6) is -0.766. The molecule has 1 atom stereocenters. The van der Waals surface area contributed by atoms with Crippen LogP contribution in [0.5, 0.6) is 0 Å². The van der Waals surface area contributed by atoms with E-state index in [2.05, 4.69) is 0 Å². The zero-order valence-electron chi connectivity index (χ0n) is 14.5. The van der Waals surface area contributed by atoms with Gasteiger partial charge >= 0.3 is 0 Å². The molecule has 0 spiro atoms. The van der Waals surface area contributed by atoms with Crippen molar-refractivity contribution in [2.45, 2.75) is 19.5 Å². The van der Waals surface area contributed by atoms with Crippen LogP contribution in [0.2, 0.25) is 0 Å². The Balaban J connectivity index is 2.03. The highest BCUT2D eigenvalue weighted by atomic mass is 32.1. The van der Waals surface area contributed by atoms with E-state index in [-0.39, 0.29) is 5.91 Å². The molecule has 3 rings (SSSR count). The molecule has 2 amide bonds. The molecular weight excluding hydrogens is 344 g/mol. The minimum atomic E-state index is -0.827. The smallest absolute Gasteiger partial charge is 0.255 e. The number of thiophene rings is 1. The number of carbonyl (C=O) groups excluding carboxylic acids is 2. The summed E-state index contributed by atoms with van der Waals surface area (Å²) in [7, 11) is 0. The number of benzene rings is 2. The van der Waals surface area contributed by atoms with Crippen LogP contribution in [-0.2, 0) is 11.3 Å². The minimum Gasteiger partial charge on any atom is -0.368 e. The minimum absolute atomic E-state index is 0.218. The standard InChI is InChI=1S/C21H20N2O2S/c1-15-12-13-18(26-15)14-23(21(25)17-10-6-3-7-11-17)19(20(22)24)16-8-4-2-5-9-16/h2-13,19H,14H2,1H3,(H2,22,24)/t19-/m1/s1. The normalized spacial score (nSPS) is 11.7. The van der Waals surface area contributed by atoms with Crippen LogP contribution in [0.25, 0.3) is 0 Å². The van der Waals surface area contributed by atoms with Gasteiger partial charge in [0.2, 0.25) is 5.91 Å². The predicted octanol–water partition coefficient (Wildman–Crippen LogP) is 3.93. The van der Waals surface area contributed by atoms with Gasteiger partial charge < -0.3 is 10.6 Å². The number of nitrogens with zero attached hydrogens (tertiary/aromatic N) is 1. The van der Waals surface area contributed by atoms with Gasteiger partial charge in [0.05, 0.1) is 6.54 Å². The van der Waals surface area contributed by atoms with E-state index in [4.69, 9.17) is 5.73 Å². The van der Waals surface area contributed by atoms with E-state index in [1.165, 1.54) is 0 Å². The van der Waals surface area contributed by atoms with Crippen molar-refractivity contribution in [1.29, 1.82) is 0 Å². The second-order valence-electron chi connectivity index (χ2n) is 6.03. The molecule has 0 radical (unpaired) electrons. The van der Waals surface area contributed by atoms with E-state index in [1.54, 1.807) is 28.4 Å². The Bertz CT molecular complexity index is 891. The van der Waals surface area contributed by atoms with Gasteiger partial charge in [-0.05, 0) is 36.8 Å². The van der Waals surface area contributed by atoms with E-state index in [9.17, 15) is 9.59 Å². The molecule has 3 aromatic rings. The van der Waals surface area contributed by atoms with Crippen LogP contribution in [-0.4, -0.2) is 16.7 Å². The van der Waals surface area contributed by atoms with Gasteiger partial charge in [0, 0.05) is 15.3 Å². The summed E-state index contributed by atoms with van der Waals surface area (Å²) in [6.45, 7) is 2.34. The summed E-state index contributed by atoms with van der Waals surface area (Å²) >= 11 is 1.61. The van der Waals surface area contributed by atoms with Crippen LogP contribution < -0.4 is 5.73 Å². The maximum absolute atomic E-state index is 13.2. The maximum atomic E-state index is 13.2. The topological polar surface area (TPSA) is 63.4 Å². The fourth-order valence-electron chi connectivity index (χ4n) is 2.90. The summed E-state index contributed by atoms with van der Waals surface area (Å²) in [5, 5.41) is 0. The molecule has 1 heterocycles. The average Bonchev–Trinajstić information content (AvgIpc) is 3.07. The number of carbonyl (C=O) groups is 2. The van der Waals surface area contributed by atoms with Gasteiger partial charge in [0.25, 0.3) is 5.91 Å². The molecule has 0 fully saturated rings. The van der Waals surface area contributed by atoms with Crippen molar-refractivity contribution >= 4 is 23.2 Å². The summed E-state index contributed by atoms with van der Waals surface area (Å²) in [4.78, 5) is 29.2. The van der Waals surface area contributed by atoms with Crippen molar-refractivity contribution in [3.63, 3.8) is 0 Å². The Morgan fingerprint density at radius 2 is 1.58 bits per heavy atom. The highest BCUT2D eigenvalue weighted by Crippen LogP contribution is 2.27. The third-order valence-corrected chi connectivity index (χ3v) is 5.09. The third-order valence-electron chi connectivity index (χ3n) is 4.10. The number of hydrogen-bond donors (Lipinski definition) is 1. The molecule has 4 nitrogen and oxygen atoms in total. The SMILES string of the molecule is Cc1ccc(CN(C(=O)c2ccccc2)[C@@H](C(N)=O)c2ccccc2)s1. The van der Waals surface area contributed by atoms with Crippen molar-refractivity contribution in [2.24, 2.45) is 5.73 Å². The van der Waals surface area contributed by atoms with Crippen LogP contribution in [0, 0.1) is 6.92 Å². The summed E-state index contributed by atoms with van der Waals surface area (Å²) < 4.78 is 0. The number of rotatable bonds is 6.